The zero-order valence-corrected chi connectivity index (χ0v) is 11.2. The SMILES string of the molecule is Cc1cc(OC2(CCN)CCC2)ccc1Br. The summed E-state index contributed by atoms with van der Waals surface area (Å²) in [6, 6.07) is 6.15. The van der Waals surface area contributed by atoms with E-state index in [1.807, 2.05) is 12.1 Å². The summed E-state index contributed by atoms with van der Waals surface area (Å²) in [4.78, 5) is 0. The smallest absolute Gasteiger partial charge is 0.120 e. The second kappa shape index (κ2) is 4.76. The lowest BCUT2D eigenvalue weighted by atomic mass is 9.77. The van der Waals surface area contributed by atoms with E-state index in [1.165, 1.54) is 12.0 Å². The van der Waals surface area contributed by atoms with Crippen molar-refractivity contribution in [2.75, 3.05) is 6.54 Å². The van der Waals surface area contributed by atoms with Gasteiger partial charge in [0.15, 0.2) is 0 Å². The second-order valence-electron chi connectivity index (χ2n) is 4.59. The molecule has 1 aliphatic rings. The lowest BCUT2D eigenvalue weighted by Gasteiger charge is -2.42. The summed E-state index contributed by atoms with van der Waals surface area (Å²) in [5.41, 5.74) is 6.88. The highest BCUT2D eigenvalue weighted by Gasteiger charge is 2.38. The Labute approximate surface area is 105 Å². The maximum atomic E-state index is 6.11. The molecule has 0 atom stereocenters. The predicted molar refractivity (Wildman–Crippen MR) is 69.8 cm³/mol. The van der Waals surface area contributed by atoms with E-state index in [1.54, 1.807) is 0 Å². The summed E-state index contributed by atoms with van der Waals surface area (Å²) >= 11 is 3.50. The molecule has 0 saturated heterocycles. The third kappa shape index (κ3) is 2.41. The van der Waals surface area contributed by atoms with Crippen LogP contribution in [0.2, 0.25) is 0 Å². The topological polar surface area (TPSA) is 35.2 Å². The first-order valence-corrected chi connectivity index (χ1v) is 6.60. The molecule has 0 radical (unpaired) electrons. The van der Waals surface area contributed by atoms with Gasteiger partial charge in [-0.3, -0.25) is 0 Å². The van der Waals surface area contributed by atoms with Crippen LogP contribution in [0.25, 0.3) is 0 Å². The van der Waals surface area contributed by atoms with Crippen molar-refractivity contribution in [2.24, 2.45) is 5.73 Å². The van der Waals surface area contributed by atoms with Gasteiger partial charge in [0.2, 0.25) is 0 Å². The van der Waals surface area contributed by atoms with E-state index in [9.17, 15) is 0 Å². The Morgan fingerprint density at radius 3 is 2.69 bits per heavy atom. The number of benzene rings is 1. The fourth-order valence-corrected chi connectivity index (χ4v) is 2.41. The highest BCUT2D eigenvalue weighted by Crippen LogP contribution is 2.39. The van der Waals surface area contributed by atoms with E-state index >= 15 is 0 Å². The normalized spacial score (nSPS) is 17.9. The van der Waals surface area contributed by atoms with Crippen LogP contribution in [0.15, 0.2) is 22.7 Å². The van der Waals surface area contributed by atoms with E-state index in [0.29, 0.717) is 6.54 Å². The van der Waals surface area contributed by atoms with Crippen LogP contribution in [0.1, 0.15) is 31.2 Å². The Kier molecular flexibility index (Phi) is 3.55. The molecule has 0 unspecified atom stereocenters. The Hall–Kier alpha value is -0.540. The number of hydrogen-bond acceptors (Lipinski definition) is 2. The van der Waals surface area contributed by atoms with Crippen molar-refractivity contribution in [1.29, 1.82) is 0 Å². The minimum absolute atomic E-state index is 0.0228. The van der Waals surface area contributed by atoms with Gasteiger partial charge >= 0.3 is 0 Å². The number of nitrogens with two attached hydrogens (primary N) is 1. The van der Waals surface area contributed by atoms with E-state index in [0.717, 1.165) is 29.5 Å². The van der Waals surface area contributed by atoms with E-state index in [2.05, 4.69) is 28.9 Å². The molecule has 3 heteroatoms. The molecule has 0 aliphatic heterocycles. The van der Waals surface area contributed by atoms with Crippen LogP contribution in [0.3, 0.4) is 0 Å². The van der Waals surface area contributed by atoms with Crippen molar-refractivity contribution in [3.05, 3.63) is 28.2 Å². The molecule has 1 saturated carbocycles. The van der Waals surface area contributed by atoms with Gasteiger partial charge < -0.3 is 10.5 Å². The summed E-state index contributed by atoms with van der Waals surface area (Å²) in [6.45, 7) is 2.78. The van der Waals surface area contributed by atoms with E-state index in [4.69, 9.17) is 10.5 Å². The lowest BCUT2D eigenvalue weighted by molar-refractivity contribution is -0.0125. The second-order valence-corrected chi connectivity index (χ2v) is 5.44. The Balaban J connectivity index is 2.10. The number of hydrogen-bond donors (Lipinski definition) is 1. The Morgan fingerprint density at radius 2 is 2.19 bits per heavy atom. The highest BCUT2D eigenvalue weighted by molar-refractivity contribution is 9.10. The summed E-state index contributed by atoms with van der Waals surface area (Å²) in [5, 5.41) is 0. The van der Waals surface area contributed by atoms with Crippen molar-refractivity contribution < 1.29 is 4.74 Å². The van der Waals surface area contributed by atoms with Crippen molar-refractivity contribution in [2.45, 2.75) is 38.2 Å². The molecule has 0 aromatic heterocycles. The lowest BCUT2D eigenvalue weighted by Crippen LogP contribution is -2.44. The van der Waals surface area contributed by atoms with Crippen LogP contribution < -0.4 is 10.5 Å². The highest BCUT2D eigenvalue weighted by atomic mass is 79.9. The van der Waals surface area contributed by atoms with Crippen molar-refractivity contribution in [3.63, 3.8) is 0 Å². The standard InChI is InChI=1S/C13H18BrNO/c1-10-9-11(3-4-12(10)14)16-13(7-8-15)5-2-6-13/h3-4,9H,2,5-8,15H2,1H3. The summed E-state index contributed by atoms with van der Waals surface area (Å²) in [6.07, 6.45) is 4.50. The zero-order chi connectivity index (χ0) is 11.6. The third-order valence-electron chi connectivity index (χ3n) is 3.33. The molecule has 1 aromatic rings. The first-order valence-electron chi connectivity index (χ1n) is 5.80. The van der Waals surface area contributed by atoms with Gasteiger partial charge in [0, 0.05) is 4.47 Å². The maximum Gasteiger partial charge on any atom is 0.120 e. The fraction of sp³-hybridized carbons (Fsp3) is 0.538. The molecule has 88 valence electrons. The monoisotopic (exact) mass is 283 g/mol. The van der Waals surface area contributed by atoms with Crippen LogP contribution in [-0.2, 0) is 0 Å². The van der Waals surface area contributed by atoms with Gasteiger partial charge in [-0.05, 0) is 62.9 Å². The molecule has 0 bridgehead atoms. The van der Waals surface area contributed by atoms with Gasteiger partial charge in [-0.2, -0.15) is 0 Å². The number of ether oxygens (including phenoxy) is 1. The van der Waals surface area contributed by atoms with Crippen molar-refractivity contribution >= 4 is 15.9 Å². The molecule has 1 aromatic carbocycles. The Bertz CT molecular complexity index is 374. The molecule has 2 N–H and O–H groups in total. The molecular weight excluding hydrogens is 266 g/mol. The molecule has 16 heavy (non-hydrogen) atoms. The summed E-state index contributed by atoms with van der Waals surface area (Å²) in [7, 11) is 0. The van der Waals surface area contributed by atoms with Gasteiger partial charge in [-0.1, -0.05) is 15.9 Å². The quantitative estimate of drug-likeness (QED) is 0.919. The van der Waals surface area contributed by atoms with Crippen LogP contribution in [0.5, 0.6) is 5.75 Å². The molecular formula is C13H18BrNO. The first-order chi connectivity index (χ1) is 7.65. The Morgan fingerprint density at radius 1 is 1.44 bits per heavy atom. The average Bonchev–Trinajstić information content (AvgIpc) is 2.20. The van der Waals surface area contributed by atoms with Gasteiger partial charge in [0.25, 0.3) is 0 Å². The molecule has 2 nitrogen and oxygen atoms in total. The molecule has 0 spiro atoms. The minimum Gasteiger partial charge on any atom is -0.487 e. The maximum absolute atomic E-state index is 6.11. The van der Waals surface area contributed by atoms with Gasteiger partial charge in [0.05, 0.1) is 0 Å². The van der Waals surface area contributed by atoms with Gasteiger partial charge in [0.1, 0.15) is 11.4 Å². The number of aryl methyl sites for hydroxylation is 1. The van der Waals surface area contributed by atoms with Crippen LogP contribution in [0.4, 0.5) is 0 Å². The van der Waals surface area contributed by atoms with Crippen molar-refractivity contribution in [1.82, 2.24) is 0 Å². The first kappa shape index (κ1) is 11.9. The van der Waals surface area contributed by atoms with Crippen LogP contribution >= 0.6 is 15.9 Å². The third-order valence-corrected chi connectivity index (χ3v) is 4.22. The fourth-order valence-electron chi connectivity index (χ4n) is 2.17. The van der Waals surface area contributed by atoms with Crippen LogP contribution in [-0.4, -0.2) is 12.1 Å². The number of halogens is 1. The molecule has 0 heterocycles. The predicted octanol–water partition coefficient (Wildman–Crippen LogP) is 3.41. The summed E-state index contributed by atoms with van der Waals surface area (Å²) < 4.78 is 7.24. The van der Waals surface area contributed by atoms with Crippen LogP contribution in [0, 0.1) is 6.92 Å². The van der Waals surface area contributed by atoms with Crippen molar-refractivity contribution in [3.8, 4) is 5.75 Å². The molecule has 2 rings (SSSR count). The molecule has 0 amide bonds. The molecule has 1 aliphatic carbocycles. The summed E-state index contributed by atoms with van der Waals surface area (Å²) in [5.74, 6) is 0.967. The van der Waals surface area contributed by atoms with E-state index in [-0.39, 0.29) is 5.60 Å². The average molecular weight is 284 g/mol. The van der Waals surface area contributed by atoms with E-state index < -0.39 is 0 Å². The molecule has 1 fully saturated rings. The van der Waals surface area contributed by atoms with Gasteiger partial charge in [-0.15, -0.1) is 0 Å². The number of rotatable bonds is 4. The largest absolute Gasteiger partial charge is 0.487 e. The van der Waals surface area contributed by atoms with Gasteiger partial charge in [-0.25, -0.2) is 0 Å². The zero-order valence-electron chi connectivity index (χ0n) is 9.63. The minimum atomic E-state index is 0.0228.